The van der Waals surface area contributed by atoms with Gasteiger partial charge in [-0.3, -0.25) is 19.7 Å². The topological polar surface area (TPSA) is 131 Å². The molecule has 0 unspecified atom stereocenters. The van der Waals surface area contributed by atoms with Crippen LogP contribution in [0.4, 0.5) is 10.8 Å². The molecular weight excluding hydrogens is 406 g/mol. The smallest absolute Gasteiger partial charge is 0.270 e. The number of carbonyl (C=O) groups excluding carboxylic acids is 1. The molecule has 30 heavy (non-hydrogen) atoms. The number of rotatable bonds is 6. The van der Waals surface area contributed by atoms with Crippen LogP contribution in [-0.2, 0) is 11.2 Å². The summed E-state index contributed by atoms with van der Waals surface area (Å²) >= 11 is 1.25. The summed E-state index contributed by atoms with van der Waals surface area (Å²) in [5.41, 5.74) is 2.63. The first-order valence-electron chi connectivity index (χ1n) is 8.98. The SMILES string of the molecule is O=C(CCc1nc2ccccc2[nH]c1=O)Nc1nc(-c2ccc([N+](=O)[O-])cc2)cs1. The van der Waals surface area contributed by atoms with Crippen molar-refractivity contribution >= 4 is 39.1 Å². The summed E-state index contributed by atoms with van der Waals surface area (Å²) in [5.74, 6) is -0.283. The van der Waals surface area contributed by atoms with Gasteiger partial charge in [0.25, 0.3) is 11.2 Å². The Morgan fingerprint density at radius 3 is 2.67 bits per heavy atom. The Kier molecular flexibility index (Phi) is 5.31. The number of non-ortho nitro benzene ring substituents is 1. The van der Waals surface area contributed by atoms with E-state index in [4.69, 9.17) is 0 Å². The number of nitrogens with zero attached hydrogens (tertiary/aromatic N) is 3. The molecule has 1 amide bonds. The normalized spacial score (nSPS) is 10.8. The molecule has 0 saturated carbocycles. The molecule has 0 aliphatic rings. The molecule has 0 spiro atoms. The number of nitro benzene ring substituents is 1. The summed E-state index contributed by atoms with van der Waals surface area (Å²) in [6.07, 6.45) is 0.285. The first-order valence-corrected chi connectivity index (χ1v) is 9.86. The third-order valence-electron chi connectivity index (χ3n) is 4.38. The second-order valence-electron chi connectivity index (χ2n) is 6.42. The van der Waals surface area contributed by atoms with Crippen molar-refractivity contribution in [2.75, 3.05) is 5.32 Å². The predicted octanol–water partition coefficient (Wildman–Crippen LogP) is 3.53. The van der Waals surface area contributed by atoms with E-state index in [0.29, 0.717) is 33.1 Å². The molecule has 4 aromatic rings. The summed E-state index contributed by atoms with van der Waals surface area (Å²) in [7, 11) is 0. The van der Waals surface area contributed by atoms with Gasteiger partial charge in [0.05, 0.1) is 21.7 Å². The van der Waals surface area contributed by atoms with E-state index in [9.17, 15) is 19.7 Å². The van der Waals surface area contributed by atoms with E-state index < -0.39 is 4.92 Å². The van der Waals surface area contributed by atoms with Crippen LogP contribution in [0.2, 0.25) is 0 Å². The van der Waals surface area contributed by atoms with Crippen molar-refractivity contribution in [3.05, 3.63) is 80.1 Å². The lowest BCUT2D eigenvalue weighted by Crippen LogP contribution is -2.18. The number of H-pyrrole nitrogens is 1. The second kappa shape index (κ2) is 8.21. The number of aryl methyl sites for hydroxylation is 1. The van der Waals surface area contributed by atoms with Gasteiger partial charge in [0.15, 0.2) is 5.13 Å². The van der Waals surface area contributed by atoms with Crippen molar-refractivity contribution in [2.24, 2.45) is 0 Å². The Morgan fingerprint density at radius 2 is 1.90 bits per heavy atom. The largest absolute Gasteiger partial charge is 0.319 e. The number of aromatic nitrogens is 3. The van der Waals surface area contributed by atoms with Crippen molar-refractivity contribution in [1.82, 2.24) is 15.0 Å². The average Bonchev–Trinajstić information content (AvgIpc) is 3.20. The minimum atomic E-state index is -0.466. The van der Waals surface area contributed by atoms with E-state index in [1.54, 1.807) is 29.6 Å². The van der Waals surface area contributed by atoms with Crippen molar-refractivity contribution in [2.45, 2.75) is 12.8 Å². The van der Waals surface area contributed by atoms with E-state index in [2.05, 4.69) is 20.3 Å². The van der Waals surface area contributed by atoms with Crippen LogP contribution in [0.15, 0.2) is 58.7 Å². The van der Waals surface area contributed by atoms with Crippen LogP contribution in [0.1, 0.15) is 12.1 Å². The van der Waals surface area contributed by atoms with Crippen molar-refractivity contribution in [3.8, 4) is 11.3 Å². The molecule has 2 aromatic heterocycles. The van der Waals surface area contributed by atoms with Gasteiger partial charge in [-0.15, -0.1) is 11.3 Å². The molecule has 0 aliphatic carbocycles. The minimum Gasteiger partial charge on any atom is -0.319 e. The van der Waals surface area contributed by atoms with E-state index >= 15 is 0 Å². The first kappa shape index (κ1) is 19.4. The maximum atomic E-state index is 12.3. The molecule has 2 aromatic carbocycles. The van der Waals surface area contributed by atoms with E-state index in [1.165, 1.54) is 23.5 Å². The summed E-state index contributed by atoms with van der Waals surface area (Å²) in [5, 5.41) is 15.6. The molecule has 0 saturated heterocycles. The number of nitrogens with one attached hydrogen (secondary N) is 2. The maximum Gasteiger partial charge on any atom is 0.270 e. The van der Waals surface area contributed by atoms with Crippen molar-refractivity contribution in [1.29, 1.82) is 0 Å². The summed E-state index contributed by atoms with van der Waals surface area (Å²) < 4.78 is 0. The lowest BCUT2D eigenvalue weighted by molar-refractivity contribution is -0.384. The zero-order chi connectivity index (χ0) is 21.1. The Morgan fingerprint density at radius 1 is 1.13 bits per heavy atom. The van der Waals surface area contributed by atoms with Gasteiger partial charge in [0.2, 0.25) is 5.91 Å². The zero-order valence-corrected chi connectivity index (χ0v) is 16.3. The van der Waals surface area contributed by atoms with Crippen LogP contribution >= 0.6 is 11.3 Å². The summed E-state index contributed by atoms with van der Waals surface area (Å²) in [6.45, 7) is 0. The fourth-order valence-corrected chi connectivity index (χ4v) is 3.60. The van der Waals surface area contributed by atoms with Gasteiger partial charge in [-0.25, -0.2) is 9.97 Å². The minimum absolute atomic E-state index is 0.000192. The summed E-state index contributed by atoms with van der Waals surface area (Å²) in [4.78, 5) is 46.1. The number of hydrogen-bond acceptors (Lipinski definition) is 7. The molecule has 0 atom stereocenters. The molecule has 0 aliphatic heterocycles. The van der Waals surface area contributed by atoms with Crippen LogP contribution in [0, 0.1) is 10.1 Å². The molecule has 2 N–H and O–H groups in total. The van der Waals surface area contributed by atoms with E-state index in [0.717, 1.165) is 0 Å². The standard InChI is InChI=1S/C20H15N5O4S/c26-18(10-9-16-19(27)22-15-4-2-1-3-14(15)21-16)24-20-23-17(11-30-20)12-5-7-13(8-6-12)25(28)29/h1-8,11H,9-10H2,(H,22,27)(H,23,24,26). The lowest BCUT2D eigenvalue weighted by Gasteiger charge is -2.03. The van der Waals surface area contributed by atoms with Crippen LogP contribution in [0.3, 0.4) is 0 Å². The fraction of sp³-hybridized carbons (Fsp3) is 0.100. The van der Waals surface area contributed by atoms with Crippen LogP contribution in [0.25, 0.3) is 22.3 Å². The predicted molar refractivity (Wildman–Crippen MR) is 114 cm³/mol. The Hall–Kier alpha value is -3.92. The van der Waals surface area contributed by atoms with E-state index in [1.807, 2.05) is 12.1 Å². The number of fused-ring (bicyclic) bond motifs is 1. The number of carbonyl (C=O) groups is 1. The van der Waals surface area contributed by atoms with Crippen LogP contribution < -0.4 is 10.9 Å². The highest BCUT2D eigenvalue weighted by Gasteiger charge is 2.12. The molecule has 2 heterocycles. The Bertz CT molecular complexity index is 1300. The molecule has 10 heteroatoms. The van der Waals surface area contributed by atoms with E-state index in [-0.39, 0.29) is 30.0 Å². The monoisotopic (exact) mass is 421 g/mol. The van der Waals surface area contributed by atoms with Crippen LogP contribution in [-0.4, -0.2) is 25.8 Å². The number of amides is 1. The van der Waals surface area contributed by atoms with Crippen molar-refractivity contribution < 1.29 is 9.72 Å². The van der Waals surface area contributed by atoms with Crippen LogP contribution in [0.5, 0.6) is 0 Å². The number of hydrogen-bond donors (Lipinski definition) is 2. The molecule has 9 nitrogen and oxygen atoms in total. The molecule has 150 valence electrons. The molecule has 0 fully saturated rings. The highest BCUT2D eigenvalue weighted by Crippen LogP contribution is 2.26. The number of aromatic amines is 1. The third-order valence-corrected chi connectivity index (χ3v) is 5.14. The highest BCUT2D eigenvalue weighted by molar-refractivity contribution is 7.14. The van der Waals surface area contributed by atoms with Gasteiger partial charge >= 0.3 is 0 Å². The zero-order valence-electron chi connectivity index (χ0n) is 15.5. The highest BCUT2D eigenvalue weighted by atomic mass is 32.1. The number of thiazole rings is 1. The van der Waals surface area contributed by atoms with Gasteiger partial charge in [-0.2, -0.15) is 0 Å². The molecular formula is C20H15N5O4S. The first-order chi connectivity index (χ1) is 14.5. The van der Waals surface area contributed by atoms with Gasteiger partial charge in [0, 0.05) is 35.9 Å². The molecule has 4 rings (SSSR count). The molecule has 0 bridgehead atoms. The number of anilines is 1. The molecule has 0 radical (unpaired) electrons. The maximum absolute atomic E-state index is 12.3. The summed E-state index contributed by atoms with van der Waals surface area (Å²) in [6, 6.07) is 13.2. The average molecular weight is 421 g/mol. The Balaban J connectivity index is 1.40. The van der Waals surface area contributed by atoms with Gasteiger partial charge in [0.1, 0.15) is 5.69 Å². The number of nitro groups is 1. The second-order valence-corrected chi connectivity index (χ2v) is 7.28. The van der Waals surface area contributed by atoms with Gasteiger partial charge in [-0.1, -0.05) is 12.1 Å². The lowest BCUT2D eigenvalue weighted by atomic mass is 10.1. The van der Waals surface area contributed by atoms with Gasteiger partial charge < -0.3 is 10.3 Å². The third kappa shape index (κ3) is 4.23. The van der Waals surface area contributed by atoms with Gasteiger partial charge in [-0.05, 0) is 24.3 Å². The Labute approximate surface area is 173 Å². The number of benzene rings is 2. The quantitative estimate of drug-likeness (QED) is 0.362. The fourth-order valence-electron chi connectivity index (χ4n) is 2.87. The number of para-hydroxylation sites is 2. The van der Waals surface area contributed by atoms with Crippen molar-refractivity contribution in [3.63, 3.8) is 0 Å².